The van der Waals surface area contributed by atoms with Crippen LogP contribution in [0.3, 0.4) is 0 Å². The topological polar surface area (TPSA) is 59.3 Å². The molecule has 0 heterocycles. The molecular formula is C25H29NO3. The van der Waals surface area contributed by atoms with Crippen molar-refractivity contribution in [2.75, 3.05) is 7.11 Å². The summed E-state index contributed by atoms with van der Waals surface area (Å²) in [6.45, 7) is 2.20. The van der Waals surface area contributed by atoms with Crippen molar-refractivity contribution in [1.82, 2.24) is 0 Å². The molecule has 2 aromatic rings. The van der Waals surface area contributed by atoms with E-state index in [2.05, 4.69) is 13.0 Å². The summed E-state index contributed by atoms with van der Waals surface area (Å²) in [6.07, 6.45) is 7.57. The Labute approximate surface area is 173 Å². The lowest BCUT2D eigenvalue weighted by atomic mass is 9.94. The number of unbranched alkanes of at least 4 members (excludes halogenated alkanes) is 5. The van der Waals surface area contributed by atoms with Gasteiger partial charge in [0, 0.05) is 0 Å². The van der Waals surface area contributed by atoms with Crippen LogP contribution in [-0.4, -0.2) is 13.1 Å². The van der Waals surface area contributed by atoms with Gasteiger partial charge in [-0.15, -0.1) is 0 Å². The second-order valence-corrected chi connectivity index (χ2v) is 6.91. The molecule has 0 unspecified atom stereocenters. The number of carbonyl (C=O) groups excluding carboxylic acids is 1. The van der Waals surface area contributed by atoms with E-state index in [1.54, 1.807) is 31.4 Å². The molecule has 0 aliphatic heterocycles. The van der Waals surface area contributed by atoms with E-state index in [0.29, 0.717) is 17.9 Å². The predicted octanol–water partition coefficient (Wildman–Crippen LogP) is 6.33. The second-order valence-electron chi connectivity index (χ2n) is 6.91. The molecule has 0 amide bonds. The fourth-order valence-electron chi connectivity index (χ4n) is 3.17. The van der Waals surface area contributed by atoms with Crippen molar-refractivity contribution < 1.29 is 14.3 Å². The van der Waals surface area contributed by atoms with Crippen LogP contribution in [-0.2, 0) is 4.79 Å². The average Bonchev–Trinajstić information content (AvgIpc) is 2.76. The van der Waals surface area contributed by atoms with E-state index < -0.39 is 5.97 Å². The molecule has 0 bridgehead atoms. The van der Waals surface area contributed by atoms with Gasteiger partial charge in [0.25, 0.3) is 0 Å². The molecule has 4 heteroatoms. The molecule has 0 atom stereocenters. The SMILES string of the molecule is CCCCCCCCC(=C(C#N)C(=O)Oc1ccc(OC)cc1)c1ccccc1. The van der Waals surface area contributed by atoms with Gasteiger partial charge in [0.2, 0.25) is 0 Å². The predicted molar refractivity (Wildman–Crippen MR) is 116 cm³/mol. The van der Waals surface area contributed by atoms with E-state index >= 15 is 0 Å². The first-order valence-corrected chi connectivity index (χ1v) is 10.2. The van der Waals surface area contributed by atoms with Crippen LogP contribution in [0.25, 0.3) is 5.57 Å². The van der Waals surface area contributed by atoms with Crippen molar-refractivity contribution in [2.45, 2.75) is 51.9 Å². The third-order valence-corrected chi connectivity index (χ3v) is 4.79. The summed E-state index contributed by atoms with van der Waals surface area (Å²) >= 11 is 0. The number of hydrogen-bond acceptors (Lipinski definition) is 4. The molecular weight excluding hydrogens is 362 g/mol. The van der Waals surface area contributed by atoms with Crippen LogP contribution in [0, 0.1) is 11.3 Å². The number of methoxy groups -OCH3 is 1. The first-order chi connectivity index (χ1) is 14.2. The van der Waals surface area contributed by atoms with Gasteiger partial charge < -0.3 is 9.47 Å². The monoisotopic (exact) mass is 391 g/mol. The molecule has 0 radical (unpaired) electrons. The normalized spacial score (nSPS) is 11.3. The Morgan fingerprint density at radius 3 is 2.14 bits per heavy atom. The summed E-state index contributed by atoms with van der Waals surface area (Å²) < 4.78 is 10.6. The maximum Gasteiger partial charge on any atom is 0.354 e. The number of hydrogen-bond donors (Lipinski definition) is 0. The minimum absolute atomic E-state index is 0.0700. The maximum atomic E-state index is 12.8. The minimum Gasteiger partial charge on any atom is -0.497 e. The molecule has 4 nitrogen and oxygen atoms in total. The summed E-state index contributed by atoms with van der Waals surface area (Å²) in [5.74, 6) is 0.437. The molecule has 0 saturated heterocycles. The lowest BCUT2D eigenvalue weighted by Crippen LogP contribution is -2.12. The van der Waals surface area contributed by atoms with Crippen LogP contribution in [0.15, 0.2) is 60.2 Å². The van der Waals surface area contributed by atoms with Gasteiger partial charge in [-0.2, -0.15) is 5.26 Å². The molecule has 0 aliphatic rings. The van der Waals surface area contributed by atoms with Crippen molar-refractivity contribution in [3.8, 4) is 17.6 Å². The van der Waals surface area contributed by atoms with Crippen LogP contribution in [0.2, 0.25) is 0 Å². The Bertz CT molecular complexity index is 833. The van der Waals surface area contributed by atoms with Crippen LogP contribution in [0.4, 0.5) is 0 Å². The lowest BCUT2D eigenvalue weighted by molar-refractivity contribution is -0.129. The Kier molecular flexibility index (Phi) is 9.51. The largest absolute Gasteiger partial charge is 0.497 e. The highest BCUT2D eigenvalue weighted by Gasteiger charge is 2.19. The molecule has 2 aromatic carbocycles. The average molecular weight is 392 g/mol. The molecule has 0 spiro atoms. The van der Waals surface area contributed by atoms with Crippen LogP contribution in [0.1, 0.15) is 57.4 Å². The smallest absolute Gasteiger partial charge is 0.354 e. The number of ether oxygens (including phenoxy) is 2. The number of rotatable bonds is 11. The summed E-state index contributed by atoms with van der Waals surface area (Å²) in [5.41, 5.74) is 1.71. The number of nitrogens with zero attached hydrogens (tertiary/aromatic N) is 1. The van der Waals surface area contributed by atoms with E-state index in [1.165, 1.54) is 25.7 Å². The van der Waals surface area contributed by atoms with Crippen LogP contribution >= 0.6 is 0 Å². The molecule has 0 aliphatic carbocycles. The summed E-state index contributed by atoms with van der Waals surface area (Å²) in [5, 5.41) is 9.73. The van der Waals surface area contributed by atoms with Gasteiger partial charge in [-0.25, -0.2) is 4.79 Å². The highest BCUT2D eigenvalue weighted by molar-refractivity contribution is 6.02. The van der Waals surface area contributed by atoms with Gasteiger partial charge in [-0.3, -0.25) is 0 Å². The van der Waals surface area contributed by atoms with Gasteiger partial charge >= 0.3 is 5.97 Å². The molecule has 0 N–H and O–H groups in total. The third-order valence-electron chi connectivity index (χ3n) is 4.79. The Morgan fingerprint density at radius 2 is 1.52 bits per heavy atom. The van der Waals surface area contributed by atoms with E-state index in [9.17, 15) is 10.1 Å². The standard InChI is InChI=1S/C25H29NO3/c1-3-4-5-6-7-11-14-23(20-12-9-8-10-13-20)24(19-26)25(27)29-22-17-15-21(28-2)16-18-22/h8-10,12-13,15-18H,3-7,11,14H2,1-2H3. The zero-order valence-corrected chi connectivity index (χ0v) is 17.3. The van der Waals surface area contributed by atoms with E-state index in [4.69, 9.17) is 9.47 Å². The zero-order valence-electron chi connectivity index (χ0n) is 17.3. The van der Waals surface area contributed by atoms with Gasteiger partial charge in [0.1, 0.15) is 23.1 Å². The third kappa shape index (κ3) is 7.12. The van der Waals surface area contributed by atoms with Gasteiger partial charge in [-0.05, 0) is 48.2 Å². The zero-order chi connectivity index (χ0) is 20.9. The summed E-state index contributed by atoms with van der Waals surface area (Å²) in [7, 11) is 1.58. The Morgan fingerprint density at radius 1 is 0.897 bits per heavy atom. The maximum absolute atomic E-state index is 12.8. The second kappa shape index (κ2) is 12.4. The fourth-order valence-corrected chi connectivity index (χ4v) is 3.17. The molecule has 2 rings (SSSR count). The Balaban J connectivity index is 2.18. The van der Waals surface area contributed by atoms with Crippen LogP contribution in [0.5, 0.6) is 11.5 Å². The molecule has 29 heavy (non-hydrogen) atoms. The van der Waals surface area contributed by atoms with Crippen molar-refractivity contribution in [1.29, 1.82) is 5.26 Å². The summed E-state index contributed by atoms with van der Waals surface area (Å²) in [4.78, 5) is 12.8. The number of nitriles is 1. The van der Waals surface area contributed by atoms with Gasteiger partial charge in [0.05, 0.1) is 7.11 Å². The quantitative estimate of drug-likeness (QED) is 0.148. The lowest BCUT2D eigenvalue weighted by Gasteiger charge is -2.12. The first kappa shape index (κ1) is 22.2. The molecule has 0 aromatic heterocycles. The molecule has 0 saturated carbocycles. The van der Waals surface area contributed by atoms with Crippen molar-refractivity contribution in [3.63, 3.8) is 0 Å². The van der Waals surface area contributed by atoms with Crippen LogP contribution < -0.4 is 9.47 Å². The van der Waals surface area contributed by atoms with E-state index in [1.807, 2.05) is 30.3 Å². The number of carbonyl (C=O) groups is 1. The fraction of sp³-hybridized carbons (Fsp3) is 0.360. The number of benzene rings is 2. The highest BCUT2D eigenvalue weighted by Crippen LogP contribution is 2.27. The van der Waals surface area contributed by atoms with Gasteiger partial charge in [-0.1, -0.05) is 69.4 Å². The number of esters is 1. The van der Waals surface area contributed by atoms with Crippen molar-refractivity contribution >= 4 is 11.5 Å². The molecule has 0 fully saturated rings. The summed E-state index contributed by atoms with van der Waals surface area (Å²) in [6, 6.07) is 18.5. The van der Waals surface area contributed by atoms with Crippen molar-refractivity contribution in [3.05, 3.63) is 65.7 Å². The van der Waals surface area contributed by atoms with E-state index in [0.717, 1.165) is 24.0 Å². The molecule has 152 valence electrons. The van der Waals surface area contributed by atoms with E-state index in [-0.39, 0.29) is 5.57 Å². The first-order valence-electron chi connectivity index (χ1n) is 10.2. The minimum atomic E-state index is -0.623. The number of allylic oxidation sites excluding steroid dienone is 1. The van der Waals surface area contributed by atoms with Gasteiger partial charge in [0.15, 0.2) is 0 Å². The highest BCUT2D eigenvalue weighted by atomic mass is 16.5. The Hall–Kier alpha value is -3.06. The van der Waals surface area contributed by atoms with Crippen molar-refractivity contribution in [2.24, 2.45) is 0 Å².